The molecule has 0 heterocycles. The second kappa shape index (κ2) is 7.03. The van der Waals surface area contributed by atoms with Crippen molar-refractivity contribution in [2.45, 2.75) is 39.7 Å². The van der Waals surface area contributed by atoms with Crippen LogP contribution in [0.5, 0.6) is 0 Å². The molecule has 0 aliphatic rings. The first-order valence-electron chi connectivity index (χ1n) is 6.59. The first-order valence-corrected chi connectivity index (χ1v) is 6.59. The quantitative estimate of drug-likeness (QED) is 0.842. The Morgan fingerprint density at radius 3 is 2.50 bits per heavy atom. The maximum atomic E-state index is 13.2. The van der Waals surface area contributed by atoms with Crippen LogP contribution in [0.1, 0.15) is 43.9 Å². The highest BCUT2D eigenvalue weighted by Gasteiger charge is 2.22. The zero-order valence-electron chi connectivity index (χ0n) is 11.9. The summed E-state index contributed by atoms with van der Waals surface area (Å²) in [6.07, 6.45) is 0.974. The lowest BCUT2D eigenvalue weighted by molar-refractivity contribution is -0.142. The van der Waals surface area contributed by atoms with Gasteiger partial charge in [0.25, 0.3) is 0 Å². The third kappa shape index (κ3) is 4.64. The van der Waals surface area contributed by atoms with E-state index in [0.29, 0.717) is 23.5 Å². The number of halogens is 1. The van der Waals surface area contributed by atoms with Gasteiger partial charge in [0.05, 0.1) is 0 Å². The fraction of sp³-hybridized carbons (Fsp3) is 0.467. The van der Waals surface area contributed by atoms with Gasteiger partial charge in [-0.25, -0.2) is 9.18 Å². The number of carbonyl (C=O) groups excluding carboxylic acids is 1. The number of hydrogen-bond acceptors (Lipinski definition) is 2. The van der Waals surface area contributed by atoms with Crippen LogP contribution in [0.15, 0.2) is 18.2 Å². The van der Waals surface area contributed by atoms with Crippen molar-refractivity contribution >= 4 is 11.9 Å². The number of amides is 1. The van der Waals surface area contributed by atoms with Crippen LogP contribution in [-0.4, -0.2) is 17.0 Å². The summed E-state index contributed by atoms with van der Waals surface area (Å²) in [6, 6.07) is 2.88. The number of carboxylic acid groups (broad SMARTS) is 1. The van der Waals surface area contributed by atoms with E-state index in [4.69, 9.17) is 0 Å². The molecule has 4 nitrogen and oxygen atoms in total. The van der Waals surface area contributed by atoms with E-state index in [0.717, 1.165) is 0 Å². The molecule has 0 radical (unpaired) electrons. The fourth-order valence-corrected chi connectivity index (χ4v) is 1.79. The molecule has 1 aromatic carbocycles. The number of carboxylic acids is 1. The summed E-state index contributed by atoms with van der Waals surface area (Å²) < 4.78 is 13.2. The second-order valence-corrected chi connectivity index (χ2v) is 5.28. The summed E-state index contributed by atoms with van der Waals surface area (Å²) in [5, 5.41) is 11.7. The fourth-order valence-electron chi connectivity index (χ4n) is 1.79. The predicted molar refractivity (Wildman–Crippen MR) is 73.7 cm³/mol. The first-order chi connectivity index (χ1) is 9.31. The normalized spacial score (nSPS) is 12.2. The lowest BCUT2D eigenvalue weighted by Gasteiger charge is -2.16. The smallest absolute Gasteiger partial charge is 0.330 e. The third-order valence-electron chi connectivity index (χ3n) is 3.02. The van der Waals surface area contributed by atoms with Gasteiger partial charge in [0.2, 0.25) is 5.91 Å². The van der Waals surface area contributed by atoms with E-state index in [1.807, 2.05) is 13.8 Å². The van der Waals surface area contributed by atoms with E-state index in [9.17, 15) is 19.1 Å². The van der Waals surface area contributed by atoms with Gasteiger partial charge in [-0.1, -0.05) is 26.0 Å². The molecule has 0 aliphatic heterocycles. The van der Waals surface area contributed by atoms with Crippen molar-refractivity contribution in [2.75, 3.05) is 0 Å². The zero-order chi connectivity index (χ0) is 15.3. The molecule has 0 fully saturated rings. The Labute approximate surface area is 118 Å². The molecule has 20 heavy (non-hydrogen) atoms. The zero-order valence-corrected chi connectivity index (χ0v) is 11.9. The molecule has 110 valence electrons. The SMILES string of the molecule is Cc1cc(C(NC(=O)CCC(C)C)C(=O)O)ccc1F. The molecule has 1 atom stereocenters. The number of carbonyl (C=O) groups is 2. The van der Waals surface area contributed by atoms with E-state index < -0.39 is 17.8 Å². The minimum atomic E-state index is -1.16. The Morgan fingerprint density at radius 2 is 2.00 bits per heavy atom. The number of aryl methyl sites for hydroxylation is 1. The third-order valence-corrected chi connectivity index (χ3v) is 3.02. The minimum Gasteiger partial charge on any atom is -0.479 e. The van der Waals surface area contributed by atoms with Gasteiger partial charge in [-0.3, -0.25) is 4.79 Å². The van der Waals surface area contributed by atoms with E-state index in [1.165, 1.54) is 18.2 Å². The Hall–Kier alpha value is -1.91. The molecule has 1 aromatic rings. The summed E-state index contributed by atoms with van der Waals surface area (Å²) in [4.78, 5) is 23.0. The molecule has 0 saturated carbocycles. The van der Waals surface area contributed by atoms with Crippen molar-refractivity contribution in [1.82, 2.24) is 5.32 Å². The largest absolute Gasteiger partial charge is 0.479 e. The lowest BCUT2D eigenvalue weighted by atomic mass is 10.0. The van der Waals surface area contributed by atoms with Gasteiger partial charge >= 0.3 is 5.97 Å². The van der Waals surface area contributed by atoms with Gasteiger partial charge in [0.15, 0.2) is 6.04 Å². The van der Waals surface area contributed by atoms with E-state index in [2.05, 4.69) is 5.32 Å². The average Bonchev–Trinajstić information content (AvgIpc) is 2.36. The van der Waals surface area contributed by atoms with Gasteiger partial charge < -0.3 is 10.4 Å². The highest BCUT2D eigenvalue weighted by molar-refractivity contribution is 5.84. The van der Waals surface area contributed by atoms with Crippen molar-refractivity contribution in [3.8, 4) is 0 Å². The molecule has 0 spiro atoms. The van der Waals surface area contributed by atoms with Crippen LogP contribution in [0.25, 0.3) is 0 Å². The molecular weight excluding hydrogens is 261 g/mol. The topological polar surface area (TPSA) is 66.4 Å². The van der Waals surface area contributed by atoms with Gasteiger partial charge in [-0.05, 0) is 36.5 Å². The first kappa shape index (κ1) is 16.1. The summed E-state index contributed by atoms with van der Waals surface area (Å²) >= 11 is 0. The Bertz CT molecular complexity index is 500. The van der Waals surface area contributed by atoms with Gasteiger partial charge in [-0.15, -0.1) is 0 Å². The molecule has 2 N–H and O–H groups in total. The molecule has 0 bridgehead atoms. The van der Waals surface area contributed by atoms with Crippen LogP contribution < -0.4 is 5.32 Å². The highest BCUT2D eigenvalue weighted by atomic mass is 19.1. The summed E-state index contributed by atoms with van der Waals surface area (Å²) in [6.45, 7) is 5.54. The molecule has 1 unspecified atom stereocenters. The van der Waals surface area contributed by atoms with Crippen LogP contribution in [0.2, 0.25) is 0 Å². The van der Waals surface area contributed by atoms with Crippen molar-refractivity contribution < 1.29 is 19.1 Å². The van der Waals surface area contributed by atoms with Crippen LogP contribution in [0, 0.1) is 18.7 Å². The van der Waals surface area contributed by atoms with Crippen LogP contribution in [0.4, 0.5) is 4.39 Å². The summed E-state index contributed by atoms with van der Waals surface area (Å²) in [5.74, 6) is -1.50. The Kier molecular flexibility index (Phi) is 5.67. The molecule has 1 rings (SSSR count). The maximum absolute atomic E-state index is 13.2. The average molecular weight is 281 g/mol. The second-order valence-electron chi connectivity index (χ2n) is 5.28. The summed E-state index contributed by atoms with van der Waals surface area (Å²) in [7, 11) is 0. The van der Waals surface area contributed by atoms with Crippen LogP contribution in [-0.2, 0) is 9.59 Å². The maximum Gasteiger partial charge on any atom is 0.330 e. The minimum absolute atomic E-state index is 0.279. The van der Waals surface area contributed by atoms with Crippen molar-refractivity contribution in [3.05, 3.63) is 35.1 Å². The van der Waals surface area contributed by atoms with Gasteiger partial charge in [-0.2, -0.15) is 0 Å². The monoisotopic (exact) mass is 281 g/mol. The van der Waals surface area contributed by atoms with E-state index in [-0.39, 0.29) is 12.3 Å². The molecule has 5 heteroatoms. The van der Waals surface area contributed by atoms with Crippen LogP contribution >= 0.6 is 0 Å². The highest BCUT2D eigenvalue weighted by Crippen LogP contribution is 2.17. The number of nitrogens with one attached hydrogen (secondary N) is 1. The van der Waals surface area contributed by atoms with E-state index in [1.54, 1.807) is 6.92 Å². The number of benzene rings is 1. The molecule has 0 aromatic heterocycles. The number of hydrogen-bond donors (Lipinski definition) is 2. The number of aliphatic carboxylic acids is 1. The predicted octanol–water partition coefficient (Wildman–Crippen LogP) is 2.81. The van der Waals surface area contributed by atoms with Crippen molar-refractivity contribution in [1.29, 1.82) is 0 Å². The Morgan fingerprint density at radius 1 is 1.35 bits per heavy atom. The standard InChI is InChI=1S/C15H20FNO3/c1-9(2)4-7-13(18)17-14(15(19)20)11-5-6-12(16)10(3)8-11/h5-6,8-9,14H,4,7H2,1-3H3,(H,17,18)(H,19,20). The molecule has 1 amide bonds. The lowest BCUT2D eigenvalue weighted by Crippen LogP contribution is -2.33. The van der Waals surface area contributed by atoms with E-state index >= 15 is 0 Å². The molecular formula is C15H20FNO3. The summed E-state index contributed by atoms with van der Waals surface area (Å²) in [5.41, 5.74) is 0.722. The Balaban J connectivity index is 2.81. The van der Waals surface area contributed by atoms with Crippen LogP contribution in [0.3, 0.4) is 0 Å². The van der Waals surface area contributed by atoms with Gasteiger partial charge in [0.1, 0.15) is 5.82 Å². The molecule has 0 saturated heterocycles. The van der Waals surface area contributed by atoms with Gasteiger partial charge in [0, 0.05) is 6.42 Å². The molecule has 0 aliphatic carbocycles. The number of rotatable bonds is 6. The van der Waals surface area contributed by atoms with Crippen molar-refractivity contribution in [2.24, 2.45) is 5.92 Å². The van der Waals surface area contributed by atoms with Crippen molar-refractivity contribution in [3.63, 3.8) is 0 Å².